The smallest absolute Gasteiger partial charge is 0.291 e. The van der Waals surface area contributed by atoms with Crippen molar-refractivity contribution in [2.75, 3.05) is 18.9 Å². The molecule has 9 heteroatoms. The molecule has 2 N–H and O–H groups in total. The zero-order valence-corrected chi connectivity index (χ0v) is 12.5. The van der Waals surface area contributed by atoms with Crippen LogP contribution in [0.1, 0.15) is 13.8 Å². The monoisotopic (exact) mass is 315 g/mol. The van der Waals surface area contributed by atoms with Crippen molar-refractivity contribution in [1.82, 2.24) is 4.31 Å². The lowest BCUT2D eigenvalue weighted by atomic mass is 10.2. The number of hydrogen-bond acceptors (Lipinski definition) is 6. The Labute approximate surface area is 122 Å². The molecule has 1 aromatic rings. The number of rotatable bonds is 3. The Balaban J connectivity index is 2.51. The molecule has 0 bridgehead atoms. The van der Waals surface area contributed by atoms with Crippen molar-refractivity contribution in [2.24, 2.45) is 0 Å². The van der Waals surface area contributed by atoms with Gasteiger partial charge in [0.05, 0.1) is 17.6 Å². The number of sulfonamides is 1. The maximum Gasteiger partial charge on any atom is 0.291 e. The van der Waals surface area contributed by atoms with Gasteiger partial charge in [-0.05, 0) is 26.0 Å². The molecule has 1 aliphatic heterocycles. The van der Waals surface area contributed by atoms with Crippen LogP contribution < -0.4 is 5.73 Å². The molecule has 2 atom stereocenters. The van der Waals surface area contributed by atoms with Gasteiger partial charge in [-0.3, -0.25) is 10.1 Å². The quantitative estimate of drug-likeness (QED) is 0.505. The van der Waals surface area contributed by atoms with Crippen molar-refractivity contribution in [2.45, 2.75) is 30.9 Å². The summed E-state index contributed by atoms with van der Waals surface area (Å²) >= 11 is 0. The van der Waals surface area contributed by atoms with Crippen molar-refractivity contribution >= 4 is 21.4 Å². The van der Waals surface area contributed by atoms with Crippen molar-refractivity contribution in [3.63, 3.8) is 0 Å². The highest BCUT2D eigenvalue weighted by molar-refractivity contribution is 7.89. The Kier molecular flexibility index (Phi) is 4.17. The average Bonchev–Trinajstić information content (AvgIpc) is 2.41. The molecule has 21 heavy (non-hydrogen) atoms. The Hall–Kier alpha value is -1.71. The Morgan fingerprint density at radius 2 is 2.10 bits per heavy atom. The maximum absolute atomic E-state index is 12.7. The van der Waals surface area contributed by atoms with Gasteiger partial charge in [-0.1, -0.05) is 0 Å². The zero-order valence-electron chi connectivity index (χ0n) is 11.7. The van der Waals surface area contributed by atoms with E-state index >= 15 is 0 Å². The van der Waals surface area contributed by atoms with E-state index in [4.69, 9.17) is 10.5 Å². The largest absolute Gasteiger partial charge is 0.399 e. The van der Waals surface area contributed by atoms with Crippen molar-refractivity contribution in [3.05, 3.63) is 28.3 Å². The molecule has 1 aliphatic rings. The predicted molar refractivity (Wildman–Crippen MR) is 76.3 cm³/mol. The van der Waals surface area contributed by atoms with Crippen molar-refractivity contribution < 1.29 is 18.1 Å². The molecule has 0 spiro atoms. The molecule has 0 saturated carbocycles. The Morgan fingerprint density at radius 3 is 2.71 bits per heavy atom. The lowest BCUT2D eigenvalue weighted by molar-refractivity contribution is -0.387. The molecule has 116 valence electrons. The summed E-state index contributed by atoms with van der Waals surface area (Å²) in [5.74, 6) is 0. The number of nitrogens with two attached hydrogens (primary N) is 1. The number of ether oxygens (including phenoxy) is 1. The van der Waals surface area contributed by atoms with E-state index in [-0.39, 0.29) is 35.9 Å². The fourth-order valence-electron chi connectivity index (χ4n) is 2.23. The average molecular weight is 315 g/mol. The van der Waals surface area contributed by atoms with Gasteiger partial charge in [0, 0.05) is 24.3 Å². The van der Waals surface area contributed by atoms with Gasteiger partial charge < -0.3 is 10.5 Å². The van der Waals surface area contributed by atoms with E-state index in [0.717, 1.165) is 6.07 Å². The van der Waals surface area contributed by atoms with Gasteiger partial charge in [-0.15, -0.1) is 0 Å². The minimum Gasteiger partial charge on any atom is -0.399 e. The first-order valence-corrected chi connectivity index (χ1v) is 7.85. The van der Waals surface area contributed by atoms with Crippen LogP contribution in [0, 0.1) is 10.1 Å². The zero-order chi connectivity index (χ0) is 15.8. The van der Waals surface area contributed by atoms with Crippen molar-refractivity contribution in [3.8, 4) is 0 Å². The van der Waals surface area contributed by atoms with Crippen LogP contribution >= 0.6 is 0 Å². The molecule has 0 aliphatic carbocycles. The standard InChI is InChI=1S/C12H17N3O5S/c1-8-7-20-9(2)6-14(8)21(18,19)12-4-3-10(13)5-11(12)15(16)17/h3-5,8-9H,6-7,13H2,1-2H3. The number of hydrogen-bond donors (Lipinski definition) is 1. The summed E-state index contributed by atoms with van der Waals surface area (Å²) in [6, 6.07) is 3.19. The van der Waals surface area contributed by atoms with Gasteiger partial charge in [0.25, 0.3) is 5.69 Å². The van der Waals surface area contributed by atoms with Gasteiger partial charge in [-0.2, -0.15) is 4.31 Å². The van der Waals surface area contributed by atoms with Crippen LogP contribution in [0.15, 0.2) is 23.1 Å². The SMILES string of the molecule is CC1CN(S(=O)(=O)c2ccc(N)cc2[N+](=O)[O-])C(C)CO1. The van der Waals surface area contributed by atoms with E-state index in [9.17, 15) is 18.5 Å². The second-order valence-corrected chi connectivity index (χ2v) is 6.91. The van der Waals surface area contributed by atoms with Crippen LogP contribution in [-0.4, -0.2) is 42.9 Å². The van der Waals surface area contributed by atoms with E-state index in [1.807, 2.05) is 0 Å². The lowest BCUT2D eigenvalue weighted by Crippen LogP contribution is -2.50. The molecule has 1 fully saturated rings. The van der Waals surface area contributed by atoms with Gasteiger partial charge >= 0.3 is 0 Å². The number of anilines is 1. The molecule has 1 saturated heterocycles. The fraction of sp³-hybridized carbons (Fsp3) is 0.500. The van der Waals surface area contributed by atoms with Crippen LogP contribution in [0.4, 0.5) is 11.4 Å². The van der Waals surface area contributed by atoms with E-state index < -0.39 is 20.6 Å². The summed E-state index contributed by atoms with van der Waals surface area (Å²) in [6.45, 7) is 3.87. The minimum atomic E-state index is -3.98. The Bertz CT molecular complexity index is 661. The third-order valence-corrected chi connectivity index (χ3v) is 5.34. The van der Waals surface area contributed by atoms with Crippen molar-refractivity contribution in [1.29, 1.82) is 0 Å². The second kappa shape index (κ2) is 5.58. The molecule has 0 aromatic heterocycles. The number of nitrogen functional groups attached to an aromatic ring is 1. The van der Waals surface area contributed by atoms with Gasteiger partial charge in [-0.25, -0.2) is 8.42 Å². The van der Waals surface area contributed by atoms with E-state index in [1.165, 1.54) is 16.4 Å². The first-order chi connectivity index (χ1) is 9.73. The highest BCUT2D eigenvalue weighted by Crippen LogP contribution is 2.30. The fourth-order valence-corrected chi connectivity index (χ4v) is 4.06. The molecule has 2 unspecified atom stereocenters. The van der Waals surface area contributed by atoms with E-state index in [2.05, 4.69) is 0 Å². The van der Waals surface area contributed by atoms with Crippen LogP contribution in [0.3, 0.4) is 0 Å². The molecular formula is C12H17N3O5S. The normalized spacial score (nSPS) is 23.9. The van der Waals surface area contributed by atoms with Gasteiger partial charge in [0.15, 0.2) is 4.90 Å². The van der Waals surface area contributed by atoms with E-state index in [1.54, 1.807) is 13.8 Å². The number of morpholine rings is 1. The van der Waals surface area contributed by atoms with Crippen LogP contribution in [0.25, 0.3) is 0 Å². The summed E-state index contributed by atoms with van der Waals surface area (Å²) in [7, 11) is -3.98. The molecular weight excluding hydrogens is 298 g/mol. The number of nitro benzene ring substituents is 1. The number of nitro groups is 1. The number of benzene rings is 1. The van der Waals surface area contributed by atoms with Crippen LogP contribution in [0.5, 0.6) is 0 Å². The third-order valence-electron chi connectivity index (χ3n) is 3.32. The molecule has 1 aromatic carbocycles. The highest BCUT2D eigenvalue weighted by atomic mass is 32.2. The van der Waals surface area contributed by atoms with Gasteiger partial charge in [0.2, 0.25) is 10.0 Å². The highest BCUT2D eigenvalue weighted by Gasteiger charge is 2.37. The molecule has 0 amide bonds. The molecule has 0 radical (unpaired) electrons. The molecule has 2 rings (SSSR count). The summed E-state index contributed by atoms with van der Waals surface area (Å²) in [5, 5.41) is 11.1. The second-order valence-electron chi connectivity index (χ2n) is 5.05. The lowest BCUT2D eigenvalue weighted by Gasteiger charge is -2.35. The van der Waals surface area contributed by atoms with Gasteiger partial charge in [0.1, 0.15) is 0 Å². The molecule has 8 nitrogen and oxygen atoms in total. The molecule has 1 heterocycles. The Morgan fingerprint density at radius 1 is 1.43 bits per heavy atom. The summed E-state index contributed by atoms with van der Waals surface area (Å²) < 4.78 is 32.0. The summed E-state index contributed by atoms with van der Waals surface area (Å²) in [6.07, 6.45) is -0.260. The van der Waals surface area contributed by atoms with E-state index in [0.29, 0.717) is 0 Å². The minimum absolute atomic E-state index is 0.143. The van der Waals surface area contributed by atoms with Crippen LogP contribution in [-0.2, 0) is 14.8 Å². The topological polar surface area (TPSA) is 116 Å². The predicted octanol–water partition coefficient (Wildman–Crippen LogP) is 0.975. The summed E-state index contributed by atoms with van der Waals surface area (Å²) in [4.78, 5) is 10.0. The number of nitrogens with zero attached hydrogens (tertiary/aromatic N) is 2. The third kappa shape index (κ3) is 2.99. The maximum atomic E-state index is 12.7. The first kappa shape index (κ1) is 15.7. The first-order valence-electron chi connectivity index (χ1n) is 6.41. The summed E-state index contributed by atoms with van der Waals surface area (Å²) in [5.41, 5.74) is 5.13. The van der Waals surface area contributed by atoms with Crippen LogP contribution in [0.2, 0.25) is 0 Å².